The second kappa shape index (κ2) is 13.8. The fourth-order valence-electron chi connectivity index (χ4n) is 3.67. The summed E-state index contributed by atoms with van der Waals surface area (Å²) in [5.41, 5.74) is 4.94. The predicted molar refractivity (Wildman–Crippen MR) is 166 cm³/mol. The summed E-state index contributed by atoms with van der Waals surface area (Å²) < 4.78 is 0.907. The molecule has 0 radical (unpaired) electrons. The van der Waals surface area contributed by atoms with E-state index in [-0.39, 0.29) is 23.3 Å². The van der Waals surface area contributed by atoms with Gasteiger partial charge in [-0.2, -0.15) is 0 Å². The third-order valence-corrected chi connectivity index (χ3v) is 7.52. The predicted octanol–water partition coefficient (Wildman–Crippen LogP) is 7.21. The Kier molecular flexibility index (Phi) is 9.94. The number of hydrogen-bond donors (Lipinski definition) is 3. The lowest BCUT2D eigenvalue weighted by atomic mass is 10.1. The van der Waals surface area contributed by atoms with Gasteiger partial charge in [-0.15, -0.1) is 11.8 Å². The Morgan fingerprint density at radius 1 is 0.775 bits per heavy atom. The van der Waals surface area contributed by atoms with Gasteiger partial charge in [-0.1, -0.05) is 52.3 Å². The van der Waals surface area contributed by atoms with Gasteiger partial charge >= 0.3 is 0 Å². The highest BCUT2D eigenvalue weighted by Gasteiger charge is 2.15. The maximum atomic E-state index is 13.2. The average molecular weight is 615 g/mol. The molecule has 0 aliphatic heterocycles. The van der Waals surface area contributed by atoms with Crippen LogP contribution in [0.3, 0.4) is 0 Å². The molecule has 3 N–H and O–H groups in total. The first-order valence-electron chi connectivity index (χ1n) is 12.5. The third-order valence-electron chi connectivity index (χ3n) is 5.98. The molecule has 0 spiro atoms. The van der Waals surface area contributed by atoms with Crippen molar-refractivity contribution in [1.82, 2.24) is 5.32 Å². The number of aryl methyl sites for hydroxylation is 2. The van der Waals surface area contributed by atoms with Crippen LogP contribution in [0.1, 0.15) is 27.0 Å². The number of amides is 3. The van der Waals surface area contributed by atoms with Gasteiger partial charge in [-0.25, -0.2) is 0 Å². The Morgan fingerprint density at radius 2 is 1.45 bits per heavy atom. The fourth-order valence-corrected chi connectivity index (χ4v) is 4.63. The van der Waals surface area contributed by atoms with Crippen LogP contribution >= 0.6 is 27.7 Å². The third kappa shape index (κ3) is 8.43. The van der Waals surface area contributed by atoms with Crippen molar-refractivity contribution in [3.05, 3.63) is 129 Å². The molecule has 4 aromatic carbocycles. The molecule has 3 amide bonds. The molecule has 0 heterocycles. The zero-order valence-electron chi connectivity index (χ0n) is 22.0. The van der Waals surface area contributed by atoms with E-state index >= 15 is 0 Å². The van der Waals surface area contributed by atoms with E-state index in [0.29, 0.717) is 11.3 Å². The molecule has 0 aromatic heterocycles. The monoisotopic (exact) mass is 613 g/mol. The van der Waals surface area contributed by atoms with E-state index < -0.39 is 5.91 Å². The lowest BCUT2D eigenvalue weighted by Gasteiger charge is -2.12. The summed E-state index contributed by atoms with van der Waals surface area (Å²) in [5.74, 6) is -0.683. The second-order valence-electron chi connectivity index (χ2n) is 9.04. The lowest BCUT2D eigenvalue weighted by molar-refractivity contribution is -0.114. The van der Waals surface area contributed by atoms with Gasteiger partial charge in [0, 0.05) is 26.3 Å². The molecule has 4 rings (SSSR count). The van der Waals surface area contributed by atoms with E-state index in [0.717, 1.165) is 26.2 Å². The van der Waals surface area contributed by atoms with Crippen molar-refractivity contribution in [2.24, 2.45) is 0 Å². The molecule has 0 bridgehead atoms. The summed E-state index contributed by atoms with van der Waals surface area (Å²) >= 11 is 4.81. The average Bonchev–Trinajstić information content (AvgIpc) is 2.96. The Hall–Kier alpha value is -4.14. The lowest BCUT2D eigenvalue weighted by Crippen LogP contribution is -2.30. The van der Waals surface area contributed by atoms with Crippen LogP contribution in [0.4, 0.5) is 11.4 Å². The van der Waals surface area contributed by atoms with Gasteiger partial charge in [0.2, 0.25) is 5.91 Å². The van der Waals surface area contributed by atoms with Crippen LogP contribution < -0.4 is 16.0 Å². The van der Waals surface area contributed by atoms with Gasteiger partial charge < -0.3 is 16.0 Å². The maximum Gasteiger partial charge on any atom is 0.272 e. The fraction of sp³-hybridized carbons (Fsp3) is 0.0938. The highest BCUT2D eigenvalue weighted by atomic mass is 79.9. The summed E-state index contributed by atoms with van der Waals surface area (Å²) in [6.45, 7) is 4.04. The zero-order valence-corrected chi connectivity index (χ0v) is 24.4. The molecular weight excluding hydrogens is 586 g/mol. The second-order valence-corrected chi connectivity index (χ2v) is 11.0. The van der Waals surface area contributed by atoms with Crippen molar-refractivity contribution < 1.29 is 14.4 Å². The molecule has 40 heavy (non-hydrogen) atoms. The number of hydrogen-bond acceptors (Lipinski definition) is 4. The summed E-state index contributed by atoms with van der Waals surface area (Å²) in [5, 5.41) is 8.50. The van der Waals surface area contributed by atoms with Crippen molar-refractivity contribution >= 4 is 62.9 Å². The number of carbonyl (C=O) groups excluding carboxylic acids is 3. The highest BCUT2D eigenvalue weighted by Crippen LogP contribution is 2.22. The summed E-state index contributed by atoms with van der Waals surface area (Å²) in [7, 11) is 0. The first-order chi connectivity index (χ1) is 19.3. The van der Waals surface area contributed by atoms with Crippen molar-refractivity contribution in [1.29, 1.82) is 0 Å². The summed E-state index contributed by atoms with van der Waals surface area (Å²) in [4.78, 5) is 39.3. The van der Waals surface area contributed by atoms with Crippen molar-refractivity contribution in [2.45, 2.75) is 18.7 Å². The molecule has 4 aromatic rings. The normalized spacial score (nSPS) is 11.0. The van der Waals surface area contributed by atoms with Gasteiger partial charge in [-0.05, 0) is 97.3 Å². The minimum absolute atomic E-state index is 0.0949. The van der Waals surface area contributed by atoms with E-state index in [9.17, 15) is 14.4 Å². The number of nitrogens with one attached hydrogen (secondary N) is 3. The van der Waals surface area contributed by atoms with Crippen LogP contribution in [0.5, 0.6) is 0 Å². The minimum atomic E-state index is -0.458. The van der Waals surface area contributed by atoms with E-state index in [1.165, 1.54) is 17.3 Å². The number of carbonyl (C=O) groups is 3. The van der Waals surface area contributed by atoms with Crippen LogP contribution in [-0.2, 0) is 9.59 Å². The van der Waals surface area contributed by atoms with Crippen molar-refractivity contribution in [3.8, 4) is 0 Å². The van der Waals surface area contributed by atoms with Crippen LogP contribution in [-0.4, -0.2) is 23.5 Å². The largest absolute Gasteiger partial charge is 0.325 e. The van der Waals surface area contributed by atoms with E-state index in [4.69, 9.17) is 0 Å². The Bertz CT molecular complexity index is 1540. The van der Waals surface area contributed by atoms with Gasteiger partial charge in [0.25, 0.3) is 11.8 Å². The molecular formula is C32H28BrN3O3S. The molecule has 0 saturated heterocycles. The quantitative estimate of drug-likeness (QED) is 0.137. The Morgan fingerprint density at radius 3 is 2.12 bits per heavy atom. The first-order valence-corrected chi connectivity index (χ1v) is 14.3. The van der Waals surface area contributed by atoms with E-state index in [2.05, 4.69) is 31.9 Å². The highest BCUT2D eigenvalue weighted by molar-refractivity contribution is 9.10. The van der Waals surface area contributed by atoms with Crippen molar-refractivity contribution in [2.75, 3.05) is 16.4 Å². The van der Waals surface area contributed by atoms with Crippen molar-refractivity contribution in [3.63, 3.8) is 0 Å². The Labute approximate surface area is 246 Å². The number of thioether (sulfide) groups is 1. The molecule has 8 heteroatoms. The summed E-state index contributed by atoms with van der Waals surface area (Å²) in [6, 6.07) is 29.1. The van der Waals surface area contributed by atoms with E-state index in [1.54, 1.807) is 42.5 Å². The molecule has 202 valence electrons. The Balaban J connectivity index is 1.39. The van der Waals surface area contributed by atoms with Gasteiger partial charge in [0.1, 0.15) is 5.70 Å². The molecule has 0 atom stereocenters. The van der Waals surface area contributed by atoms with Crippen LogP contribution in [0.15, 0.2) is 112 Å². The van der Waals surface area contributed by atoms with Crippen LogP contribution in [0, 0.1) is 13.8 Å². The van der Waals surface area contributed by atoms with E-state index in [1.807, 2.05) is 74.5 Å². The molecule has 0 saturated carbocycles. The summed E-state index contributed by atoms with van der Waals surface area (Å²) in [6.07, 6.45) is 1.63. The molecule has 6 nitrogen and oxygen atoms in total. The van der Waals surface area contributed by atoms with Crippen LogP contribution in [0.2, 0.25) is 0 Å². The SMILES string of the molecule is Cc1ccc(NC(=O)CSc2ccc(NC(=O)/C(=C/c3ccc(Br)cc3)NC(=O)c3ccccc3)cc2)cc1C. The number of rotatable bonds is 9. The smallest absolute Gasteiger partial charge is 0.272 e. The van der Waals surface area contributed by atoms with Gasteiger partial charge in [-0.3, -0.25) is 14.4 Å². The molecule has 0 fully saturated rings. The minimum Gasteiger partial charge on any atom is -0.325 e. The zero-order chi connectivity index (χ0) is 28.5. The van der Waals surface area contributed by atoms with Crippen LogP contribution in [0.25, 0.3) is 6.08 Å². The molecule has 0 aliphatic carbocycles. The number of anilines is 2. The topological polar surface area (TPSA) is 87.3 Å². The molecule has 0 aliphatic rings. The van der Waals surface area contributed by atoms with Gasteiger partial charge in [0.05, 0.1) is 5.75 Å². The number of benzene rings is 4. The standard InChI is InChI=1S/C32H28BrN3O3S/c1-21-8-13-27(18-22(21)2)34-30(37)20-40-28-16-14-26(15-17-28)35-32(39)29(19-23-9-11-25(33)12-10-23)36-31(38)24-6-4-3-5-7-24/h3-19H,20H2,1-2H3,(H,34,37)(H,35,39)(H,36,38)/b29-19-. The molecule has 0 unspecified atom stereocenters. The first kappa shape index (κ1) is 28.9. The van der Waals surface area contributed by atoms with Gasteiger partial charge in [0.15, 0.2) is 0 Å². The number of halogens is 1. The maximum absolute atomic E-state index is 13.2.